The van der Waals surface area contributed by atoms with Crippen LogP contribution in [-0.4, -0.2) is 21.0 Å². The number of benzene rings is 1. The number of carboxylic acids is 1. The Labute approximate surface area is 121 Å². The molecular formula is C12H8N2O2S3. The topological polar surface area (TPSA) is 63.1 Å². The van der Waals surface area contributed by atoms with E-state index < -0.39 is 5.97 Å². The van der Waals surface area contributed by atoms with Crippen molar-refractivity contribution < 1.29 is 9.90 Å². The van der Waals surface area contributed by atoms with Crippen LogP contribution in [0.4, 0.5) is 0 Å². The summed E-state index contributed by atoms with van der Waals surface area (Å²) in [7, 11) is 0. The van der Waals surface area contributed by atoms with Crippen molar-refractivity contribution in [3.63, 3.8) is 0 Å². The van der Waals surface area contributed by atoms with Crippen molar-refractivity contribution in [2.75, 3.05) is 0 Å². The standard InChI is InChI=1S/C12H8N2O2S3/c15-11(16)10-13-7(5-17-10)6-18-12-14-8-3-1-2-4-9(8)19-12/h1-5H,6H2,(H,15,16). The fourth-order valence-corrected chi connectivity index (χ4v) is 4.24. The third kappa shape index (κ3) is 2.78. The van der Waals surface area contributed by atoms with E-state index in [2.05, 4.69) is 9.97 Å². The number of carboxylic acid groups (broad SMARTS) is 1. The number of nitrogens with zero attached hydrogens (tertiary/aromatic N) is 2. The first-order chi connectivity index (χ1) is 9.22. The van der Waals surface area contributed by atoms with Gasteiger partial charge in [0, 0.05) is 11.1 Å². The molecule has 0 unspecified atom stereocenters. The summed E-state index contributed by atoms with van der Waals surface area (Å²) in [4.78, 5) is 19.3. The van der Waals surface area contributed by atoms with Gasteiger partial charge in [-0.25, -0.2) is 14.8 Å². The lowest BCUT2D eigenvalue weighted by Gasteiger charge is -1.92. The molecule has 0 atom stereocenters. The number of thioether (sulfide) groups is 1. The van der Waals surface area contributed by atoms with Crippen LogP contribution in [0.2, 0.25) is 0 Å². The summed E-state index contributed by atoms with van der Waals surface area (Å²) in [5.74, 6) is -0.329. The summed E-state index contributed by atoms with van der Waals surface area (Å²) in [5.41, 5.74) is 1.78. The maximum absolute atomic E-state index is 10.7. The van der Waals surface area contributed by atoms with Gasteiger partial charge in [0.2, 0.25) is 5.01 Å². The second kappa shape index (κ2) is 5.28. The SMILES string of the molecule is O=C(O)c1nc(CSc2nc3ccccc3s2)cs1. The zero-order chi connectivity index (χ0) is 13.2. The van der Waals surface area contributed by atoms with Crippen molar-refractivity contribution in [2.45, 2.75) is 10.1 Å². The van der Waals surface area contributed by atoms with Gasteiger partial charge in [0.25, 0.3) is 0 Å². The zero-order valence-corrected chi connectivity index (χ0v) is 12.0. The Kier molecular flexibility index (Phi) is 3.50. The molecule has 96 valence electrons. The summed E-state index contributed by atoms with van der Waals surface area (Å²) < 4.78 is 2.14. The van der Waals surface area contributed by atoms with Gasteiger partial charge in [-0.3, -0.25) is 0 Å². The fourth-order valence-electron chi connectivity index (χ4n) is 1.52. The van der Waals surface area contributed by atoms with Gasteiger partial charge in [0.05, 0.1) is 15.9 Å². The first-order valence-electron chi connectivity index (χ1n) is 5.38. The highest BCUT2D eigenvalue weighted by atomic mass is 32.2. The number of hydrogen-bond acceptors (Lipinski definition) is 6. The molecule has 0 aliphatic heterocycles. The Balaban J connectivity index is 1.72. The van der Waals surface area contributed by atoms with E-state index in [1.807, 2.05) is 24.3 Å². The van der Waals surface area contributed by atoms with Crippen molar-refractivity contribution >= 4 is 50.6 Å². The molecule has 3 aromatic rings. The lowest BCUT2D eigenvalue weighted by molar-refractivity contribution is 0.0696. The van der Waals surface area contributed by atoms with E-state index in [1.165, 1.54) is 0 Å². The van der Waals surface area contributed by atoms with Crippen LogP contribution in [0.5, 0.6) is 0 Å². The highest BCUT2D eigenvalue weighted by Gasteiger charge is 2.10. The van der Waals surface area contributed by atoms with Gasteiger partial charge in [0.15, 0.2) is 4.34 Å². The Morgan fingerprint density at radius 3 is 2.89 bits per heavy atom. The van der Waals surface area contributed by atoms with Gasteiger partial charge in [-0.05, 0) is 12.1 Å². The van der Waals surface area contributed by atoms with Crippen LogP contribution < -0.4 is 0 Å². The summed E-state index contributed by atoms with van der Waals surface area (Å²) in [5, 5.41) is 10.7. The van der Waals surface area contributed by atoms with Crippen LogP contribution in [0.25, 0.3) is 10.2 Å². The van der Waals surface area contributed by atoms with E-state index in [0.29, 0.717) is 5.75 Å². The number of thiazole rings is 2. The highest BCUT2D eigenvalue weighted by molar-refractivity contribution is 8.00. The second-order valence-electron chi connectivity index (χ2n) is 3.69. The molecule has 0 bridgehead atoms. The van der Waals surface area contributed by atoms with Crippen molar-refractivity contribution in [2.24, 2.45) is 0 Å². The molecule has 3 rings (SSSR count). The van der Waals surface area contributed by atoms with Crippen LogP contribution in [0.3, 0.4) is 0 Å². The van der Waals surface area contributed by atoms with E-state index in [-0.39, 0.29) is 5.01 Å². The number of hydrogen-bond donors (Lipinski definition) is 1. The van der Waals surface area contributed by atoms with Crippen molar-refractivity contribution in [1.29, 1.82) is 0 Å². The number of fused-ring (bicyclic) bond motifs is 1. The molecule has 0 amide bonds. The molecule has 0 radical (unpaired) electrons. The molecule has 4 nitrogen and oxygen atoms in total. The second-order valence-corrected chi connectivity index (χ2v) is 6.80. The van der Waals surface area contributed by atoms with Crippen LogP contribution in [-0.2, 0) is 5.75 Å². The van der Waals surface area contributed by atoms with E-state index in [1.54, 1.807) is 28.5 Å². The number of rotatable bonds is 4. The molecule has 0 fully saturated rings. The van der Waals surface area contributed by atoms with E-state index >= 15 is 0 Å². The zero-order valence-electron chi connectivity index (χ0n) is 9.57. The molecule has 0 spiro atoms. The van der Waals surface area contributed by atoms with Gasteiger partial charge in [-0.2, -0.15) is 0 Å². The third-order valence-corrected chi connectivity index (χ3v) is 5.44. The minimum absolute atomic E-state index is 0.139. The quantitative estimate of drug-likeness (QED) is 0.744. The van der Waals surface area contributed by atoms with Crippen molar-refractivity contribution in [1.82, 2.24) is 9.97 Å². The Bertz CT molecular complexity index is 702. The molecule has 0 aliphatic carbocycles. The molecule has 2 aromatic heterocycles. The Hall–Kier alpha value is -1.44. The van der Waals surface area contributed by atoms with E-state index in [0.717, 1.165) is 31.6 Å². The molecular weight excluding hydrogens is 300 g/mol. The number of aromatic nitrogens is 2. The van der Waals surface area contributed by atoms with Crippen LogP contribution in [0.1, 0.15) is 15.5 Å². The lowest BCUT2D eigenvalue weighted by Crippen LogP contribution is -1.94. The fraction of sp³-hybridized carbons (Fsp3) is 0.0833. The average Bonchev–Trinajstić information content (AvgIpc) is 3.02. The monoisotopic (exact) mass is 308 g/mol. The molecule has 1 aromatic carbocycles. The summed E-state index contributed by atoms with van der Waals surface area (Å²) in [6.07, 6.45) is 0. The molecule has 0 saturated carbocycles. The first kappa shape index (κ1) is 12.6. The van der Waals surface area contributed by atoms with Gasteiger partial charge >= 0.3 is 5.97 Å². The van der Waals surface area contributed by atoms with E-state index in [9.17, 15) is 4.79 Å². The van der Waals surface area contributed by atoms with E-state index in [4.69, 9.17) is 5.11 Å². The highest BCUT2D eigenvalue weighted by Crippen LogP contribution is 2.31. The minimum Gasteiger partial charge on any atom is -0.476 e. The van der Waals surface area contributed by atoms with Crippen LogP contribution in [0, 0.1) is 0 Å². The Morgan fingerprint density at radius 2 is 2.16 bits per heavy atom. The van der Waals surface area contributed by atoms with Gasteiger partial charge in [-0.15, -0.1) is 22.7 Å². The predicted molar refractivity (Wildman–Crippen MR) is 78.3 cm³/mol. The molecule has 0 aliphatic rings. The predicted octanol–water partition coefficient (Wildman–Crippen LogP) is 3.74. The molecule has 2 heterocycles. The summed E-state index contributed by atoms with van der Waals surface area (Å²) >= 11 is 4.38. The normalized spacial score (nSPS) is 10.9. The maximum Gasteiger partial charge on any atom is 0.365 e. The van der Waals surface area contributed by atoms with Crippen LogP contribution >= 0.6 is 34.4 Å². The summed E-state index contributed by atoms with van der Waals surface area (Å²) in [6.45, 7) is 0. The van der Waals surface area contributed by atoms with Gasteiger partial charge in [-0.1, -0.05) is 23.9 Å². The van der Waals surface area contributed by atoms with Crippen molar-refractivity contribution in [3.8, 4) is 0 Å². The Morgan fingerprint density at radius 1 is 1.32 bits per heavy atom. The van der Waals surface area contributed by atoms with Crippen LogP contribution in [0.15, 0.2) is 34.0 Å². The molecule has 0 saturated heterocycles. The summed E-state index contributed by atoms with van der Waals surface area (Å²) in [6, 6.07) is 7.99. The lowest BCUT2D eigenvalue weighted by atomic mass is 10.3. The van der Waals surface area contributed by atoms with Gasteiger partial charge in [0.1, 0.15) is 0 Å². The molecule has 1 N–H and O–H groups in total. The number of para-hydroxylation sites is 1. The molecule has 19 heavy (non-hydrogen) atoms. The number of carbonyl (C=O) groups is 1. The smallest absolute Gasteiger partial charge is 0.365 e. The third-order valence-electron chi connectivity index (χ3n) is 2.35. The first-order valence-corrected chi connectivity index (χ1v) is 8.06. The van der Waals surface area contributed by atoms with Gasteiger partial charge < -0.3 is 5.11 Å². The average molecular weight is 308 g/mol. The molecule has 7 heteroatoms. The largest absolute Gasteiger partial charge is 0.476 e. The minimum atomic E-state index is -0.971. The number of aromatic carboxylic acids is 1. The van der Waals surface area contributed by atoms with Crippen molar-refractivity contribution in [3.05, 3.63) is 40.3 Å². The maximum atomic E-state index is 10.7.